The number of nitrogens with zero attached hydrogens (tertiary/aromatic N) is 3. The number of carbonyl (C=O) groups excluding carboxylic acids is 1. The van der Waals surface area contributed by atoms with Gasteiger partial charge in [0.2, 0.25) is 0 Å². The van der Waals surface area contributed by atoms with Gasteiger partial charge in [-0.15, -0.1) is 0 Å². The molecule has 1 aliphatic rings. The lowest BCUT2D eigenvalue weighted by Crippen LogP contribution is -2.26. The number of carbonyl (C=O) groups is 1. The number of benzene rings is 2. The summed E-state index contributed by atoms with van der Waals surface area (Å²) in [5.74, 6) is 0.997. The monoisotopic (exact) mass is 369 g/mol. The van der Waals surface area contributed by atoms with Gasteiger partial charge in [-0.1, -0.05) is 6.07 Å². The van der Waals surface area contributed by atoms with Crippen LogP contribution in [0, 0.1) is 5.92 Å². The summed E-state index contributed by atoms with van der Waals surface area (Å²) < 4.78 is 14.1. The molecular formula is C19H19N3O3S. The Morgan fingerprint density at radius 1 is 1.23 bits per heavy atom. The Bertz CT molecular complexity index is 952. The summed E-state index contributed by atoms with van der Waals surface area (Å²) in [5.41, 5.74) is 3.08. The molecule has 0 radical (unpaired) electrons. The van der Waals surface area contributed by atoms with Crippen molar-refractivity contribution >= 4 is 28.7 Å². The zero-order chi connectivity index (χ0) is 18.1. The lowest BCUT2D eigenvalue weighted by Gasteiger charge is -2.18. The molecule has 0 saturated heterocycles. The SMILES string of the molecule is CN(Cc1ccc2nsnc2c1)C(=O)c1cc(O)cc(OCC2CC2)c1. The van der Waals surface area contributed by atoms with Crippen LogP contribution in [-0.4, -0.2) is 38.3 Å². The molecule has 0 bridgehead atoms. The van der Waals surface area contributed by atoms with Gasteiger partial charge in [-0.3, -0.25) is 4.79 Å². The number of fused-ring (bicyclic) bond motifs is 1. The molecule has 134 valence electrons. The van der Waals surface area contributed by atoms with E-state index in [1.165, 1.54) is 30.6 Å². The summed E-state index contributed by atoms with van der Waals surface area (Å²) in [7, 11) is 1.74. The number of phenolic OH excluding ortho intramolecular Hbond substituents is 1. The number of ether oxygens (including phenoxy) is 1. The zero-order valence-corrected chi connectivity index (χ0v) is 15.2. The summed E-state index contributed by atoms with van der Waals surface area (Å²) >= 11 is 1.18. The maximum Gasteiger partial charge on any atom is 0.254 e. The lowest BCUT2D eigenvalue weighted by atomic mass is 10.1. The van der Waals surface area contributed by atoms with Crippen molar-refractivity contribution in [2.45, 2.75) is 19.4 Å². The van der Waals surface area contributed by atoms with Crippen LogP contribution in [0.2, 0.25) is 0 Å². The van der Waals surface area contributed by atoms with Gasteiger partial charge in [-0.25, -0.2) is 0 Å². The molecule has 7 heteroatoms. The molecular weight excluding hydrogens is 350 g/mol. The Hall–Kier alpha value is -2.67. The zero-order valence-electron chi connectivity index (χ0n) is 14.4. The van der Waals surface area contributed by atoms with E-state index in [4.69, 9.17) is 4.74 Å². The van der Waals surface area contributed by atoms with Crippen LogP contribution in [0.3, 0.4) is 0 Å². The fraction of sp³-hybridized carbons (Fsp3) is 0.316. The number of hydrogen-bond acceptors (Lipinski definition) is 6. The van der Waals surface area contributed by atoms with E-state index in [2.05, 4.69) is 8.75 Å². The molecule has 0 unspecified atom stereocenters. The average Bonchev–Trinajstić information content (AvgIpc) is 3.34. The second-order valence-corrected chi connectivity index (χ2v) is 7.25. The quantitative estimate of drug-likeness (QED) is 0.720. The van der Waals surface area contributed by atoms with Crippen molar-refractivity contribution in [2.75, 3.05) is 13.7 Å². The summed E-state index contributed by atoms with van der Waals surface area (Å²) in [5, 5.41) is 9.93. The van der Waals surface area contributed by atoms with Crippen molar-refractivity contribution < 1.29 is 14.6 Å². The molecule has 4 rings (SSSR count). The summed E-state index contributed by atoms with van der Waals surface area (Å²) in [4.78, 5) is 14.4. The van der Waals surface area contributed by atoms with Gasteiger partial charge < -0.3 is 14.7 Å². The minimum absolute atomic E-state index is 0.0324. The predicted molar refractivity (Wildman–Crippen MR) is 99.5 cm³/mol. The molecule has 1 aliphatic carbocycles. The molecule has 3 aromatic rings. The van der Waals surface area contributed by atoms with Gasteiger partial charge >= 0.3 is 0 Å². The van der Waals surface area contributed by atoms with Crippen LogP contribution in [0.5, 0.6) is 11.5 Å². The maximum atomic E-state index is 12.8. The van der Waals surface area contributed by atoms with E-state index in [-0.39, 0.29) is 11.7 Å². The third-order valence-electron chi connectivity index (χ3n) is 4.41. The highest BCUT2D eigenvalue weighted by molar-refractivity contribution is 7.00. The standard InChI is InChI=1S/C19H19N3O3S/c1-22(10-13-4-5-17-18(6-13)21-26-20-17)19(24)14-7-15(23)9-16(8-14)25-11-12-2-3-12/h4-9,12,23H,2-3,10-11H2,1H3. The molecule has 6 nitrogen and oxygen atoms in total. The van der Waals surface area contributed by atoms with Gasteiger partial charge in [0.05, 0.1) is 18.3 Å². The van der Waals surface area contributed by atoms with Gasteiger partial charge in [0.25, 0.3) is 5.91 Å². The highest BCUT2D eigenvalue weighted by atomic mass is 32.1. The normalized spacial score (nSPS) is 13.7. The number of phenols is 1. The lowest BCUT2D eigenvalue weighted by molar-refractivity contribution is 0.0784. The summed E-state index contributed by atoms with van der Waals surface area (Å²) in [6, 6.07) is 10.5. The fourth-order valence-corrected chi connectivity index (χ4v) is 3.30. The molecule has 26 heavy (non-hydrogen) atoms. The second kappa shape index (κ2) is 6.92. The molecule has 0 spiro atoms. The molecule has 1 saturated carbocycles. The molecule has 1 heterocycles. The predicted octanol–water partition coefficient (Wildman–Crippen LogP) is 3.46. The van der Waals surface area contributed by atoms with E-state index in [0.717, 1.165) is 16.6 Å². The van der Waals surface area contributed by atoms with E-state index in [1.807, 2.05) is 18.2 Å². The van der Waals surface area contributed by atoms with Gasteiger partial charge in [0, 0.05) is 25.2 Å². The Morgan fingerprint density at radius 3 is 2.85 bits per heavy atom. The Balaban J connectivity index is 1.48. The largest absolute Gasteiger partial charge is 0.508 e. The first-order valence-corrected chi connectivity index (χ1v) is 9.25. The number of aromatic nitrogens is 2. The fourth-order valence-electron chi connectivity index (χ4n) is 2.78. The van der Waals surface area contributed by atoms with Crippen LogP contribution in [0.4, 0.5) is 0 Å². The van der Waals surface area contributed by atoms with Crippen LogP contribution < -0.4 is 4.74 Å². The molecule has 1 aromatic heterocycles. The number of rotatable bonds is 6. The van der Waals surface area contributed by atoms with Crippen molar-refractivity contribution in [2.24, 2.45) is 5.92 Å². The summed E-state index contributed by atoms with van der Waals surface area (Å²) in [6.45, 7) is 1.08. The van der Waals surface area contributed by atoms with Gasteiger partial charge in [-0.2, -0.15) is 8.75 Å². The molecule has 0 aliphatic heterocycles. The number of amides is 1. The van der Waals surface area contributed by atoms with Gasteiger partial charge in [0.1, 0.15) is 22.5 Å². The van der Waals surface area contributed by atoms with Crippen LogP contribution in [0.1, 0.15) is 28.8 Å². The van der Waals surface area contributed by atoms with Crippen LogP contribution in [-0.2, 0) is 6.54 Å². The van der Waals surface area contributed by atoms with E-state index in [0.29, 0.717) is 30.4 Å². The molecule has 2 aromatic carbocycles. The topological polar surface area (TPSA) is 75.6 Å². The maximum absolute atomic E-state index is 12.8. The Labute approximate surface area is 155 Å². The van der Waals surface area contributed by atoms with Crippen molar-refractivity contribution in [3.8, 4) is 11.5 Å². The summed E-state index contributed by atoms with van der Waals surface area (Å²) in [6.07, 6.45) is 2.37. The van der Waals surface area contributed by atoms with Crippen molar-refractivity contribution in [1.82, 2.24) is 13.6 Å². The van der Waals surface area contributed by atoms with Gasteiger partial charge in [0.15, 0.2) is 0 Å². The van der Waals surface area contributed by atoms with E-state index >= 15 is 0 Å². The third kappa shape index (κ3) is 3.77. The van der Waals surface area contributed by atoms with Crippen LogP contribution in [0.25, 0.3) is 11.0 Å². The van der Waals surface area contributed by atoms with Crippen molar-refractivity contribution in [3.63, 3.8) is 0 Å². The average molecular weight is 369 g/mol. The first-order valence-electron chi connectivity index (χ1n) is 8.52. The minimum atomic E-state index is -0.173. The molecule has 1 amide bonds. The van der Waals surface area contributed by atoms with Crippen LogP contribution in [0.15, 0.2) is 36.4 Å². The highest BCUT2D eigenvalue weighted by Crippen LogP contribution is 2.31. The highest BCUT2D eigenvalue weighted by Gasteiger charge is 2.22. The molecule has 1 N–H and O–H groups in total. The third-order valence-corrected chi connectivity index (χ3v) is 4.96. The van der Waals surface area contributed by atoms with Crippen molar-refractivity contribution in [1.29, 1.82) is 0 Å². The Kier molecular flexibility index (Phi) is 4.46. The minimum Gasteiger partial charge on any atom is -0.508 e. The number of hydrogen-bond donors (Lipinski definition) is 1. The smallest absolute Gasteiger partial charge is 0.254 e. The van der Waals surface area contributed by atoms with Crippen molar-refractivity contribution in [3.05, 3.63) is 47.5 Å². The van der Waals surface area contributed by atoms with Gasteiger partial charge in [-0.05, 0) is 48.6 Å². The first kappa shape index (κ1) is 16.8. The Morgan fingerprint density at radius 2 is 2.04 bits per heavy atom. The van der Waals surface area contributed by atoms with E-state index in [1.54, 1.807) is 24.1 Å². The van der Waals surface area contributed by atoms with E-state index < -0.39 is 0 Å². The van der Waals surface area contributed by atoms with Crippen LogP contribution >= 0.6 is 11.7 Å². The first-order chi connectivity index (χ1) is 12.6. The molecule has 1 fully saturated rings. The second-order valence-electron chi connectivity index (χ2n) is 6.72. The molecule has 0 atom stereocenters. The van der Waals surface area contributed by atoms with E-state index in [9.17, 15) is 9.90 Å². The number of aromatic hydroxyl groups is 1.